The van der Waals surface area contributed by atoms with Crippen LogP contribution in [0.5, 0.6) is 5.75 Å². The quantitative estimate of drug-likeness (QED) is 0.167. The number of unbranched alkanes of at least 4 members (excludes halogenated alkanes) is 3. The maximum absolute atomic E-state index is 11.7. The molecule has 2 aromatic rings. The number of carbonyl (C=O) groups excluding carboxylic acids is 1. The fourth-order valence-corrected chi connectivity index (χ4v) is 3.53. The van der Waals surface area contributed by atoms with Gasteiger partial charge in [-0.3, -0.25) is 0 Å². The summed E-state index contributed by atoms with van der Waals surface area (Å²) in [7, 11) is 0. The van der Waals surface area contributed by atoms with Gasteiger partial charge in [-0.2, -0.15) is 0 Å². The van der Waals surface area contributed by atoms with Crippen molar-refractivity contribution in [1.29, 1.82) is 0 Å². The zero-order valence-electron chi connectivity index (χ0n) is 15.0. The van der Waals surface area contributed by atoms with Gasteiger partial charge in [-0.05, 0) is 61.7 Å². The summed E-state index contributed by atoms with van der Waals surface area (Å²) in [5.74, 6) is 0.201. The topological polar surface area (TPSA) is 26.3 Å². The molecule has 0 atom stereocenters. The molecule has 0 aliphatic rings. The minimum Gasteiger partial charge on any atom is -0.423 e. The van der Waals surface area contributed by atoms with Crippen molar-refractivity contribution in [1.82, 2.24) is 0 Å². The molecule has 0 amide bonds. The molecule has 0 saturated carbocycles. The molecule has 0 aliphatic heterocycles. The van der Waals surface area contributed by atoms with E-state index in [4.69, 9.17) is 4.74 Å². The van der Waals surface area contributed by atoms with Crippen molar-refractivity contribution >= 4 is 17.3 Å². The van der Waals surface area contributed by atoms with E-state index in [0.29, 0.717) is 5.75 Å². The fourth-order valence-electron chi connectivity index (χ4n) is 2.48. The number of hydrogen-bond donors (Lipinski definition) is 0. The van der Waals surface area contributed by atoms with Gasteiger partial charge in [0, 0.05) is 15.8 Å². The van der Waals surface area contributed by atoms with Crippen LogP contribution in [0.3, 0.4) is 0 Å². The normalized spacial score (nSPS) is 11.4. The lowest BCUT2D eigenvalue weighted by atomic mass is 10.1. The first-order valence-corrected chi connectivity index (χ1v) is 9.75. The Morgan fingerprint density at radius 1 is 1.04 bits per heavy atom. The van der Waals surface area contributed by atoms with Crippen LogP contribution in [-0.4, -0.2) is 5.97 Å². The summed E-state index contributed by atoms with van der Waals surface area (Å²) in [6, 6.07) is 12.1. The summed E-state index contributed by atoms with van der Waals surface area (Å²) in [6.07, 6.45) is 13.1. The molecule has 1 aromatic heterocycles. The van der Waals surface area contributed by atoms with E-state index in [1.165, 1.54) is 47.9 Å². The van der Waals surface area contributed by atoms with Gasteiger partial charge in [0.25, 0.3) is 0 Å². The van der Waals surface area contributed by atoms with Gasteiger partial charge < -0.3 is 4.74 Å². The lowest BCUT2D eigenvalue weighted by Crippen LogP contribution is -2.03. The lowest BCUT2D eigenvalue weighted by Gasteiger charge is -2.03. The van der Waals surface area contributed by atoms with E-state index in [0.717, 1.165) is 5.56 Å². The van der Waals surface area contributed by atoms with Crippen molar-refractivity contribution in [2.45, 2.75) is 46.0 Å². The molecule has 2 nitrogen and oxygen atoms in total. The maximum atomic E-state index is 11.7. The van der Waals surface area contributed by atoms with Gasteiger partial charge >= 0.3 is 5.97 Å². The van der Waals surface area contributed by atoms with E-state index in [9.17, 15) is 4.79 Å². The number of esters is 1. The Morgan fingerprint density at radius 3 is 2.56 bits per heavy atom. The molecule has 0 N–H and O–H groups in total. The second-order valence-electron chi connectivity index (χ2n) is 5.91. The summed E-state index contributed by atoms with van der Waals surface area (Å²) < 4.78 is 5.28. The zero-order chi connectivity index (χ0) is 17.9. The second-order valence-corrected chi connectivity index (χ2v) is 7.08. The summed E-state index contributed by atoms with van der Waals surface area (Å²) in [4.78, 5) is 14.4. The SMILES string of the molecule is C/C=C/C=C/C(=O)Oc1ccc(-c2ccc(CCCCCC)s2)cc1. The van der Waals surface area contributed by atoms with Crippen molar-refractivity contribution in [2.75, 3.05) is 0 Å². The molecule has 0 spiro atoms. The van der Waals surface area contributed by atoms with Crippen LogP contribution < -0.4 is 4.74 Å². The molecule has 0 unspecified atom stereocenters. The average Bonchev–Trinajstić information content (AvgIpc) is 3.08. The van der Waals surface area contributed by atoms with Crippen LogP contribution in [0.2, 0.25) is 0 Å². The Morgan fingerprint density at radius 2 is 1.84 bits per heavy atom. The molecule has 1 heterocycles. The van der Waals surface area contributed by atoms with Crippen molar-refractivity contribution < 1.29 is 9.53 Å². The van der Waals surface area contributed by atoms with E-state index < -0.39 is 0 Å². The van der Waals surface area contributed by atoms with Crippen LogP contribution in [0.25, 0.3) is 10.4 Å². The molecule has 0 aliphatic carbocycles. The second kappa shape index (κ2) is 10.7. The van der Waals surface area contributed by atoms with E-state index in [2.05, 4.69) is 19.1 Å². The Kier molecular flexibility index (Phi) is 8.20. The van der Waals surface area contributed by atoms with Crippen LogP contribution in [0.15, 0.2) is 60.7 Å². The molecule has 0 radical (unpaired) electrons. The van der Waals surface area contributed by atoms with Gasteiger partial charge in [0.2, 0.25) is 0 Å². The Bertz CT molecular complexity index is 708. The lowest BCUT2D eigenvalue weighted by molar-refractivity contribution is -0.128. The standard InChI is InChI=1S/C22H26O2S/c1-3-5-7-9-10-20-16-17-21(25-20)18-12-14-19(15-13-18)24-22(23)11-8-6-4-2/h4,6,8,11-17H,3,5,7,9-10H2,1-2H3/b6-4+,11-8+. The molecule has 0 saturated heterocycles. The molecule has 0 fully saturated rings. The van der Waals surface area contributed by atoms with Crippen LogP contribution in [-0.2, 0) is 11.2 Å². The first-order chi connectivity index (χ1) is 12.2. The highest BCUT2D eigenvalue weighted by Gasteiger charge is 2.05. The zero-order valence-corrected chi connectivity index (χ0v) is 15.9. The van der Waals surface area contributed by atoms with E-state index in [1.54, 1.807) is 12.2 Å². The van der Waals surface area contributed by atoms with Gasteiger partial charge in [0.1, 0.15) is 5.75 Å². The Hall–Kier alpha value is -2.13. The molecule has 0 bridgehead atoms. The predicted molar refractivity (Wildman–Crippen MR) is 107 cm³/mol. The van der Waals surface area contributed by atoms with E-state index >= 15 is 0 Å². The first kappa shape index (κ1) is 19.2. The molecular weight excluding hydrogens is 328 g/mol. The Labute approximate surface area is 154 Å². The third-order valence-corrected chi connectivity index (χ3v) is 5.03. The van der Waals surface area contributed by atoms with Crippen LogP contribution >= 0.6 is 11.3 Å². The molecule has 2 rings (SSSR count). The van der Waals surface area contributed by atoms with Crippen LogP contribution in [0, 0.1) is 0 Å². The van der Waals surface area contributed by atoms with Gasteiger partial charge in [-0.1, -0.05) is 44.4 Å². The van der Waals surface area contributed by atoms with Crippen molar-refractivity contribution in [2.24, 2.45) is 0 Å². The highest BCUT2D eigenvalue weighted by molar-refractivity contribution is 7.15. The van der Waals surface area contributed by atoms with Crippen LogP contribution in [0.1, 0.15) is 44.4 Å². The molecular formula is C22H26O2S. The van der Waals surface area contributed by atoms with E-state index in [1.807, 2.05) is 48.6 Å². The Balaban J connectivity index is 1.91. The van der Waals surface area contributed by atoms with Gasteiger partial charge in [-0.15, -0.1) is 11.3 Å². The molecule has 132 valence electrons. The van der Waals surface area contributed by atoms with Crippen molar-refractivity contribution in [3.8, 4) is 16.2 Å². The number of benzene rings is 1. The number of aryl methyl sites for hydroxylation is 1. The predicted octanol–water partition coefficient (Wildman–Crippen LogP) is 6.58. The monoisotopic (exact) mass is 354 g/mol. The number of hydrogen-bond acceptors (Lipinski definition) is 3. The number of thiophene rings is 1. The third-order valence-electron chi connectivity index (χ3n) is 3.83. The van der Waals surface area contributed by atoms with Gasteiger partial charge in [0.15, 0.2) is 0 Å². The number of allylic oxidation sites excluding steroid dienone is 3. The third kappa shape index (κ3) is 6.71. The highest BCUT2D eigenvalue weighted by Crippen LogP contribution is 2.30. The highest BCUT2D eigenvalue weighted by atomic mass is 32.1. The van der Waals surface area contributed by atoms with Gasteiger partial charge in [-0.25, -0.2) is 4.79 Å². The summed E-state index contributed by atoms with van der Waals surface area (Å²) in [6.45, 7) is 4.14. The van der Waals surface area contributed by atoms with Gasteiger partial charge in [0.05, 0.1) is 0 Å². The largest absolute Gasteiger partial charge is 0.423 e. The molecule has 25 heavy (non-hydrogen) atoms. The smallest absolute Gasteiger partial charge is 0.336 e. The van der Waals surface area contributed by atoms with E-state index in [-0.39, 0.29) is 5.97 Å². The maximum Gasteiger partial charge on any atom is 0.336 e. The summed E-state index contributed by atoms with van der Waals surface area (Å²) >= 11 is 1.85. The minimum absolute atomic E-state index is 0.365. The van der Waals surface area contributed by atoms with Crippen molar-refractivity contribution in [3.63, 3.8) is 0 Å². The van der Waals surface area contributed by atoms with Crippen molar-refractivity contribution in [3.05, 3.63) is 65.6 Å². The summed E-state index contributed by atoms with van der Waals surface area (Å²) in [5.41, 5.74) is 1.16. The molecule has 3 heteroatoms. The summed E-state index contributed by atoms with van der Waals surface area (Å²) in [5, 5.41) is 0. The number of rotatable bonds is 9. The number of carbonyl (C=O) groups is 1. The number of ether oxygens (including phenoxy) is 1. The molecule has 1 aromatic carbocycles. The van der Waals surface area contributed by atoms with Crippen LogP contribution in [0.4, 0.5) is 0 Å². The fraction of sp³-hybridized carbons (Fsp3) is 0.318. The first-order valence-electron chi connectivity index (χ1n) is 8.93. The average molecular weight is 355 g/mol. The minimum atomic E-state index is -0.365.